The Balaban J connectivity index is 2.83. The van der Waals surface area contributed by atoms with Gasteiger partial charge in [0.15, 0.2) is 6.23 Å². The molecule has 102 valence electrons. The van der Waals surface area contributed by atoms with Crippen molar-refractivity contribution < 1.29 is 19.7 Å². The summed E-state index contributed by atoms with van der Waals surface area (Å²) < 4.78 is 14.3. The standard InChI is InChI=1S/C10H15FN2O5/c11-7(3-6(4-14)5-15)9(17)13-2-1-8(16)12-10(13)18/h1-2,6-7,9,14-15,17H,3-5H2,(H,12,16,18)/t7-,9-/m1/s1. The highest BCUT2D eigenvalue weighted by Gasteiger charge is 2.24. The molecule has 1 rings (SSSR count). The number of hydrogen-bond donors (Lipinski definition) is 4. The van der Waals surface area contributed by atoms with Crippen LogP contribution in [0.5, 0.6) is 0 Å². The number of nitrogens with zero attached hydrogens (tertiary/aromatic N) is 1. The molecule has 0 spiro atoms. The number of aliphatic hydroxyl groups excluding tert-OH is 3. The summed E-state index contributed by atoms with van der Waals surface area (Å²) >= 11 is 0. The maximum atomic E-state index is 13.7. The van der Waals surface area contributed by atoms with Crippen molar-refractivity contribution >= 4 is 0 Å². The lowest BCUT2D eigenvalue weighted by atomic mass is 10.0. The molecule has 0 aliphatic carbocycles. The molecular weight excluding hydrogens is 247 g/mol. The minimum Gasteiger partial charge on any atom is -0.396 e. The Bertz CT molecular complexity index is 482. The van der Waals surface area contributed by atoms with Crippen molar-refractivity contribution in [2.24, 2.45) is 5.92 Å². The highest BCUT2D eigenvalue weighted by Crippen LogP contribution is 2.17. The second-order valence-corrected chi connectivity index (χ2v) is 3.91. The number of halogens is 1. The fraction of sp³-hybridized carbons (Fsp3) is 0.600. The number of nitrogens with one attached hydrogen (secondary N) is 1. The van der Waals surface area contributed by atoms with Crippen LogP contribution in [0.4, 0.5) is 4.39 Å². The molecule has 0 bridgehead atoms. The van der Waals surface area contributed by atoms with Crippen LogP contribution in [0.1, 0.15) is 12.6 Å². The summed E-state index contributed by atoms with van der Waals surface area (Å²) in [4.78, 5) is 24.0. The number of aliphatic hydroxyl groups is 3. The van der Waals surface area contributed by atoms with Gasteiger partial charge in [-0.1, -0.05) is 0 Å². The molecule has 18 heavy (non-hydrogen) atoms. The van der Waals surface area contributed by atoms with Crippen LogP contribution in [0.15, 0.2) is 21.9 Å². The van der Waals surface area contributed by atoms with Crippen molar-refractivity contribution in [2.75, 3.05) is 13.2 Å². The Morgan fingerprint density at radius 3 is 2.44 bits per heavy atom. The summed E-state index contributed by atoms with van der Waals surface area (Å²) in [6.07, 6.45) is -2.96. The van der Waals surface area contributed by atoms with Crippen molar-refractivity contribution in [3.05, 3.63) is 33.1 Å². The van der Waals surface area contributed by atoms with Crippen molar-refractivity contribution in [2.45, 2.75) is 18.8 Å². The van der Waals surface area contributed by atoms with Crippen LogP contribution in [0.3, 0.4) is 0 Å². The maximum Gasteiger partial charge on any atom is 0.330 e. The van der Waals surface area contributed by atoms with Crippen LogP contribution >= 0.6 is 0 Å². The first-order valence-electron chi connectivity index (χ1n) is 5.35. The lowest BCUT2D eigenvalue weighted by Gasteiger charge is -2.20. The van der Waals surface area contributed by atoms with Gasteiger partial charge < -0.3 is 15.3 Å². The van der Waals surface area contributed by atoms with E-state index in [0.717, 1.165) is 12.3 Å². The molecule has 0 amide bonds. The minimum absolute atomic E-state index is 0.306. The molecule has 0 fully saturated rings. The minimum atomic E-state index is -1.85. The Labute approximate surface area is 101 Å². The second-order valence-electron chi connectivity index (χ2n) is 3.91. The van der Waals surface area contributed by atoms with Crippen molar-refractivity contribution in [1.29, 1.82) is 0 Å². The van der Waals surface area contributed by atoms with Crippen molar-refractivity contribution in [1.82, 2.24) is 9.55 Å². The van der Waals surface area contributed by atoms with Gasteiger partial charge in [-0.3, -0.25) is 14.3 Å². The number of H-pyrrole nitrogens is 1. The molecule has 0 radical (unpaired) electrons. The smallest absolute Gasteiger partial charge is 0.330 e. The molecule has 0 aliphatic rings. The highest BCUT2D eigenvalue weighted by molar-refractivity contribution is 4.85. The normalized spacial score (nSPS) is 14.7. The molecule has 1 aromatic heterocycles. The van der Waals surface area contributed by atoms with Gasteiger partial charge in [-0.2, -0.15) is 0 Å². The van der Waals surface area contributed by atoms with E-state index in [0.29, 0.717) is 4.57 Å². The molecule has 0 saturated carbocycles. The van der Waals surface area contributed by atoms with Crippen molar-refractivity contribution in [3.8, 4) is 0 Å². The van der Waals surface area contributed by atoms with Gasteiger partial charge in [0.1, 0.15) is 6.17 Å². The van der Waals surface area contributed by atoms with Gasteiger partial charge in [0.05, 0.1) is 0 Å². The number of aromatic nitrogens is 2. The van der Waals surface area contributed by atoms with Gasteiger partial charge in [0.2, 0.25) is 0 Å². The van der Waals surface area contributed by atoms with E-state index < -0.39 is 42.8 Å². The van der Waals surface area contributed by atoms with E-state index >= 15 is 0 Å². The second kappa shape index (κ2) is 6.43. The topological polar surface area (TPSA) is 116 Å². The van der Waals surface area contributed by atoms with Crippen LogP contribution in [-0.4, -0.2) is 44.3 Å². The summed E-state index contributed by atoms with van der Waals surface area (Å²) in [5.41, 5.74) is -1.58. The fourth-order valence-electron chi connectivity index (χ4n) is 1.46. The number of rotatable bonds is 6. The number of aromatic amines is 1. The van der Waals surface area contributed by atoms with Crippen LogP contribution in [0.2, 0.25) is 0 Å². The van der Waals surface area contributed by atoms with Crippen LogP contribution in [0.25, 0.3) is 0 Å². The van der Waals surface area contributed by atoms with Gasteiger partial charge in [0, 0.05) is 31.4 Å². The molecular formula is C10H15FN2O5. The summed E-state index contributed by atoms with van der Waals surface area (Å²) in [5.74, 6) is -0.715. The zero-order valence-electron chi connectivity index (χ0n) is 9.49. The Hall–Kier alpha value is -1.51. The molecule has 2 atom stereocenters. The van der Waals surface area contributed by atoms with Gasteiger partial charge in [-0.05, 0) is 6.42 Å². The third-order valence-electron chi connectivity index (χ3n) is 2.53. The summed E-state index contributed by atoms with van der Waals surface area (Å²) in [5, 5.41) is 27.2. The SMILES string of the molecule is O=c1ccn([C@H](O)[C@H](F)CC(CO)CO)c(=O)[nH]1. The summed E-state index contributed by atoms with van der Waals surface area (Å²) in [6, 6.07) is 0.979. The molecule has 4 N–H and O–H groups in total. The molecule has 0 aromatic carbocycles. The molecule has 0 aliphatic heterocycles. The van der Waals surface area contributed by atoms with Crippen molar-refractivity contribution in [3.63, 3.8) is 0 Å². The van der Waals surface area contributed by atoms with E-state index in [4.69, 9.17) is 10.2 Å². The van der Waals surface area contributed by atoms with Gasteiger partial charge in [0.25, 0.3) is 5.56 Å². The van der Waals surface area contributed by atoms with E-state index in [2.05, 4.69) is 0 Å². The van der Waals surface area contributed by atoms with Crippen LogP contribution in [0, 0.1) is 5.92 Å². The highest BCUT2D eigenvalue weighted by atomic mass is 19.1. The van der Waals surface area contributed by atoms with Gasteiger partial charge >= 0.3 is 5.69 Å². The molecule has 0 saturated heterocycles. The Kier molecular flexibility index (Phi) is 5.20. The third kappa shape index (κ3) is 3.49. The largest absolute Gasteiger partial charge is 0.396 e. The molecule has 1 heterocycles. The molecule has 7 nitrogen and oxygen atoms in total. The van der Waals surface area contributed by atoms with E-state index in [1.165, 1.54) is 0 Å². The predicted octanol–water partition coefficient (Wildman–Crippen LogP) is -1.64. The molecule has 8 heteroatoms. The fourth-order valence-corrected chi connectivity index (χ4v) is 1.46. The van der Waals surface area contributed by atoms with Gasteiger partial charge in [-0.15, -0.1) is 0 Å². The summed E-state index contributed by atoms with van der Waals surface area (Å²) in [7, 11) is 0. The van der Waals surface area contributed by atoms with Crippen LogP contribution in [-0.2, 0) is 0 Å². The number of hydrogen-bond acceptors (Lipinski definition) is 5. The zero-order chi connectivity index (χ0) is 13.7. The first-order chi connectivity index (χ1) is 8.49. The first-order valence-corrected chi connectivity index (χ1v) is 5.35. The lowest BCUT2D eigenvalue weighted by Crippen LogP contribution is -2.36. The monoisotopic (exact) mass is 262 g/mol. The first kappa shape index (κ1) is 14.6. The van der Waals surface area contributed by atoms with Gasteiger partial charge in [-0.25, -0.2) is 9.18 Å². The molecule has 1 aromatic rings. The van der Waals surface area contributed by atoms with E-state index in [1.807, 2.05) is 4.98 Å². The average molecular weight is 262 g/mol. The summed E-state index contributed by atoms with van der Waals surface area (Å²) in [6.45, 7) is -0.853. The maximum absolute atomic E-state index is 13.7. The Morgan fingerprint density at radius 1 is 1.33 bits per heavy atom. The predicted molar refractivity (Wildman–Crippen MR) is 59.8 cm³/mol. The quantitative estimate of drug-likeness (QED) is 0.490. The zero-order valence-corrected chi connectivity index (χ0v) is 9.49. The number of alkyl halides is 1. The van der Waals surface area contributed by atoms with E-state index in [9.17, 15) is 19.1 Å². The molecule has 0 unspecified atom stereocenters. The third-order valence-corrected chi connectivity index (χ3v) is 2.53. The van der Waals surface area contributed by atoms with E-state index in [-0.39, 0.29) is 6.42 Å². The Morgan fingerprint density at radius 2 is 1.94 bits per heavy atom. The van der Waals surface area contributed by atoms with E-state index in [1.54, 1.807) is 0 Å². The lowest BCUT2D eigenvalue weighted by molar-refractivity contribution is -0.00610. The van der Waals surface area contributed by atoms with Crippen LogP contribution < -0.4 is 11.2 Å². The average Bonchev–Trinajstić information content (AvgIpc) is 2.34.